The number of halogens is 1. The van der Waals surface area contributed by atoms with Crippen LogP contribution in [0.1, 0.15) is 11.4 Å². The maximum Gasteiger partial charge on any atom is 0.222 e. The predicted octanol–water partition coefficient (Wildman–Crippen LogP) is 2.26. The van der Waals surface area contributed by atoms with E-state index in [0.717, 1.165) is 23.3 Å². The highest BCUT2D eigenvalue weighted by Crippen LogP contribution is 2.19. The van der Waals surface area contributed by atoms with Gasteiger partial charge in [0.25, 0.3) is 0 Å². The van der Waals surface area contributed by atoms with Crippen LogP contribution in [0.2, 0.25) is 0 Å². The lowest BCUT2D eigenvalue weighted by Crippen LogP contribution is -2.02. The lowest BCUT2D eigenvalue weighted by atomic mass is 10.1. The summed E-state index contributed by atoms with van der Waals surface area (Å²) in [4.78, 5) is 14.6. The minimum absolute atomic E-state index is 0.0216. The van der Waals surface area contributed by atoms with E-state index in [1.54, 1.807) is 12.4 Å². The molecule has 3 rings (SSSR count). The fraction of sp³-hybridized carbons (Fsp3) is 0.0714. The number of aromatic nitrogens is 4. The SMILES string of the molecule is Nc1ncc(F)c(Nc2ccc(Cc3ncc[nH]3)cc2)n1. The summed E-state index contributed by atoms with van der Waals surface area (Å²) in [5.41, 5.74) is 7.25. The van der Waals surface area contributed by atoms with Crippen molar-refractivity contribution in [1.29, 1.82) is 0 Å². The first-order valence-electron chi connectivity index (χ1n) is 6.33. The molecule has 0 spiro atoms. The molecule has 0 aliphatic rings. The minimum atomic E-state index is -0.552. The van der Waals surface area contributed by atoms with Crippen LogP contribution >= 0.6 is 0 Å². The van der Waals surface area contributed by atoms with Gasteiger partial charge in [0.1, 0.15) is 5.82 Å². The van der Waals surface area contributed by atoms with Gasteiger partial charge in [-0.25, -0.2) is 14.4 Å². The summed E-state index contributed by atoms with van der Waals surface area (Å²) in [5, 5.41) is 2.87. The molecule has 2 heterocycles. The van der Waals surface area contributed by atoms with Crippen LogP contribution in [0, 0.1) is 5.82 Å². The van der Waals surface area contributed by atoms with Crippen molar-refractivity contribution in [3.8, 4) is 0 Å². The van der Waals surface area contributed by atoms with E-state index in [1.807, 2.05) is 24.3 Å². The summed E-state index contributed by atoms with van der Waals surface area (Å²) < 4.78 is 13.5. The highest BCUT2D eigenvalue weighted by molar-refractivity contribution is 5.57. The largest absolute Gasteiger partial charge is 0.368 e. The van der Waals surface area contributed by atoms with Gasteiger partial charge in [-0.1, -0.05) is 12.1 Å². The van der Waals surface area contributed by atoms with E-state index in [-0.39, 0.29) is 11.8 Å². The smallest absolute Gasteiger partial charge is 0.222 e. The highest BCUT2D eigenvalue weighted by Gasteiger charge is 2.06. The third kappa shape index (κ3) is 3.14. The molecule has 0 amide bonds. The van der Waals surface area contributed by atoms with E-state index in [9.17, 15) is 4.39 Å². The second kappa shape index (κ2) is 5.58. The van der Waals surface area contributed by atoms with Gasteiger partial charge in [-0.3, -0.25) is 0 Å². The molecule has 3 aromatic rings. The molecule has 0 fully saturated rings. The van der Waals surface area contributed by atoms with E-state index in [4.69, 9.17) is 5.73 Å². The van der Waals surface area contributed by atoms with Crippen LogP contribution in [0.25, 0.3) is 0 Å². The number of nitrogens with zero attached hydrogens (tertiary/aromatic N) is 3. The van der Waals surface area contributed by atoms with E-state index < -0.39 is 5.82 Å². The van der Waals surface area contributed by atoms with Gasteiger partial charge in [-0.2, -0.15) is 4.98 Å². The third-order valence-electron chi connectivity index (χ3n) is 2.91. The van der Waals surface area contributed by atoms with Crippen LogP contribution < -0.4 is 11.1 Å². The molecular formula is C14H13FN6. The van der Waals surface area contributed by atoms with E-state index in [0.29, 0.717) is 6.42 Å². The molecular weight excluding hydrogens is 271 g/mol. The summed E-state index contributed by atoms with van der Waals surface area (Å²) in [7, 11) is 0. The van der Waals surface area contributed by atoms with Crippen molar-refractivity contribution >= 4 is 17.5 Å². The van der Waals surface area contributed by atoms with Crippen LogP contribution in [0.4, 0.5) is 21.8 Å². The number of H-pyrrole nitrogens is 1. The average molecular weight is 284 g/mol. The van der Waals surface area contributed by atoms with Crippen LogP contribution in [0.5, 0.6) is 0 Å². The number of rotatable bonds is 4. The van der Waals surface area contributed by atoms with Crippen LogP contribution in [-0.2, 0) is 6.42 Å². The Labute approximate surface area is 120 Å². The van der Waals surface area contributed by atoms with Crippen molar-refractivity contribution in [2.24, 2.45) is 0 Å². The van der Waals surface area contributed by atoms with Gasteiger partial charge < -0.3 is 16.0 Å². The summed E-state index contributed by atoms with van der Waals surface area (Å²) in [6.45, 7) is 0. The summed E-state index contributed by atoms with van der Waals surface area (Å²) in [5.74, 6) is 0.420. The number of nitrogens with one attached hydrogen (secondary N) is 2. The number of hydrogen-bond acceptors (Lipinski definition) is 5. The molecule has 1 aromatic carbocycles. The van der Waals surface area contributed by atoms with Gasteiger partial charge in [-0.05, 0) is 17.7 Å². The first kappa shape index (κ1) is 13.0. The van der Waals surface area contributed by atoms with Crippen molar-refractivity contribution in [3.63, 3.8) is 0 Å². The first-order chi connectivity index (χ1) is 10.2. The summed E-state index contributed by atoms with van der Waals surface area (Å²) in [6, 6.07) is 7.56. The molecule has 0 atom stereocenters. The molecule has 0 radical (unpaired) electrons. The Morgan fingerprint density at radius 3 is 2.71 bits per heavy atom. The topological polar surface area (TPSA) is 92.5 Å². The van der Waals surface area contributed by atoms with Crippen molar-refractivity contribution in [3.05, 3.63) is 60.1 Å². The summed E-state index contributed by atoms with van der Waals surface area (Å²) >= 11 is 0. The van der Waals surface area contributed by atoms with Crippen molar-refractivity contribution in [2.45, 2.75) is 6.42 Å². The Morgan fingerprint density at radius 2 is 2.00 bits per heavy atom. The van der Waals surface area contributed by atoms with Crippen LogP contribution in [0.15, 0.2) is 42.9 Å². The maximum absolute atomic E-state index is 13.5. The van der Waals surface area contributed by atoms with Gasteiger partial charge in [-0.15, -0.1) is 0 Å². The number of imidazole rings is 1. The number of hydrogen-bond donors (Lipinski definition) is 3. The Balaban J connectivity index is 1.73. The Kier molecular flexibility index (Phi) is 3.46. The van der Waals surface area contributed by atoms with E-state index in [2.05, 4.69) is 25.3 Å². The second-order valence-corrected chi connectivity index (χ2v) is 4.46. The molecule has 21 heavy (non-hydrogen) atoms. The highest BCUT2D eigenvalue weighted by atomic mass is 19.1. The Morgan fingerprint density at radius 1 is 1.19 bits per heavy atom. The standard InChI is InChI=1S/C14H13FN6/c15-11-8-19-14(16)21-13(11)20-10-3-1-9(2-4-10)7-12-17-5-6-18-12/h1-6,8H,7H2,(H,17,18)(H3,16,19,20,21). The molecule has 0 saturated carbocycles. The van der Waals surface area contributed by atoms with Crippen molar-refractivity contribution < 1.29 is 4.39 Å². The molecule has 2 aromatic heterocycles. The van der Waals surface area contributed by atoms with Gasteiger partial charge in [0, 0.05) is 24.5 Å². The molecule has 7 heteroatoms. The van der Waals surface area contributed by atoms with E-state index >= 15 is 0 Å². The van der Waals surface area contributed by atoms with Gasteiger partial charge in [0.15, 0.2) is 11.6 Å². The zero-order chi connectivity index (χ0) is 14.7. The van der Waals surface area contributed by atoms with E-state index in [1.165, 1.54) is 0 Å². The van der Waals surface area contributed by atoms with Crippen LogP contribution in [0.3, 0.4) is 0 Å². The van der Waals surface area contributed by atoms with Crippen molar-refractivity contribution in [1.82, 2.24) is 19.9 Å². The molecule has 106 valence electrons. The zero-order valence-electron chi connectivity index (χ0n) is 11.0. The quantitative estimate of drug-likeness (QED) is 0.683. The van der Waals surface area contributed by atoms with Gasteiger partial charge >= 0.3 is 0 Å². The third-order valence-corrected chi connectivity index (χ3v) is 2.91. The monoisotopic (exact) mass is 284 g/mol. The fourth-order valence-electron chi connectivity index (χ4n) is 1.90. The zero-order valence-corrected chi connectivity index (χ0v) is 11.0. The molecule has 4 N–H and O–H groups in total. The normalized spacial score (nSPS) is 10.5. The summed E-state index contributed by atoms with van der Waals surface area (Å²) in [6.07, 6.45) is 5.25. The molecule has 0 saturated heterocycles. The predicted molar refractivity (Wildman–Crippen MR) is 77.5 cm³/mol. The van der Waals surface area contributed by atoms with Crippen molar-refractivity contribution in [2.75, 3.05) is 11.1 Å². The number of nitrogens with two attached hydrogens (primary N) is 1. The second-order valence-electron chi connectivity index (χ2n) is 4.46. The molecule has 0 unspecified atom stereocenters. The number of benzene rings is 1. The molecule has 0 aliphatic heterocycles. The average Bonchev–Trinajstić information content (AvgIpc) is 2.98. The minimum Gasteiger partial charge on any atom is -0.368 e. The molecule has 0 bridgehead atoms. The van der Waals surface area contributed by atoms with Gasteiger partial charge in [0.05, 0.1) is 6.20 Å². The number of nitrogen functional groups attached to an aromatic ring is 1. The molecule has 0 aliphatic carbocycles. The van der Waals surface area contributed by atoms with Crippen LogP contribution in [-0.4, -0.2) is 19.9 Å². The fourth-order valence-corrected chi connectivity index (χ4v) is 1.90. The lowest BCUT2D eigenvalue weighted by Gasteiger charge is -2.07. The Bertz CT molecular complexity index is 724. The van der Waals surface area contributed by atoms with Gasteiger partial charge in [0.2, 0.25) is 5.95 Å². The first-order valence-corrected chi connectivity index (χ1v) is 6.33. The Hall–Kier alpha value is -2.96. The maximum atomic E-state index is 13.5. The number of aromatic amines is 1. The lowest BCUT2D eigenvalue weighted by molar-refractivity contribution is 0.620. The molecule has 6 nitrogen and oxygen atoms in total. The number of anilines is 3.